The third kappa shape index (κ3) is 5.82. The van der Waals surface area contributed by atoms with E-state index in [9.17, 15) is 4.79 Å². The second-order valence-corrected chi connectivity index (χ2v) is 7.14. The molecular formula is C18H28N2O3. The maximum Gasteiger partial charge on any atom is 0.410 e. The fraction of sp³-hybridized carbons (Fsp3) is 0.667. The Bertz CT molecular complexity index is 491. The second kappa shape index (κ2) is 7.77. The summed E-state index contributed by atoms with van der Waals surface area (Å²) in [4.78, 5) is 18.1. The zero-order valence-corrected chi connectivity index (χ0v) is 14.6. The van der Waals surface area contributed by atoms with Crippen LogP contribution in [0.25, 0.3) is 0 Å². The molecule has 0 bridgehead atoms. The standard InChI is InChI=1S/C18H28N2O3/c1-14(16-7-5-6-10-19-16)22-13-15-8-11-20(12-9-15)17(21)23-18(2,3)4/h5-7,10,14-15H,8-9,11-13H2,1-4H3. The Kier molecular flexibility index (Phi) is 5.99. The minimum absolute atomic E-state index is 0.0000791. The molecule has 23 heavy (non-hydrogen) atoms. The summed E-state index contributed by atoms with van der Waals surface area (Å²) in [6.45, 7) is 9.89. The SMILES string of the molecule is CC(OCC1CCN(C(=O)OC(C)(C)C)CC1)c1ccccn1. The number of carbonyl (C=O) groups is 1. The maximum absolute atomic E-state index is 12.0. The topological polar surface area (TPSA) is 51.7 Å². The third-order valence-corrected chi connectivity index (χ3v) is 3.95. The lowest BCUT2D eigenvalue weighted by atomic mass is 9.98. The van der Waals surface area contributed by atoms with Crippen LogP contribution in [0.1, 0.15) is 52.3 Å². The van der Waals surface area contributed by atoms with Crippen LogP contribution in [-0.4, -0.2) is 41.3 Å². The number of amides is 1. The monoisotopic (exact) mass is 320 g/mol. The molecule has 0 radical (unpaired) electrons. The van der Waals surface area contributed by atoms with Crippen LogP contribution >= 0.6 is 0 Å². The summed E-state index contributed by atoms with van der Waals surface area (Å²) >= 11 is 0. The molecule has 1 fully saturated rings. The molecule has 5 heteroatoms. The number of aromatic nitrogens is 1. The van der Waals surface area contributed by atoms with Gasteiger partial charge in [-0.25, -0.2) is 4.79 Å². The van der Waals surface area contributed by atoms with Gasteiger partial charge in [-0.05, 0) is 58.6 Å². The van der Waals surface area contributed by atoms with Crippen molar-refractivity contribution >= 4 is 6.09 Å². The lowest BCUT2D eigenvalue weighted by Gasteiger charge is -2.33. The molecule has 2 heterocycles. The molecule has 0 spiro atoms. The molecule has 1 atom stereocenters. The molecular weight excluding hydrogens is 292 g/mol. The van der Waals surface area contributed by atoms with Gasteiger partial charge in [0, 0.05) is 19.3 Å². The van der Waals surface area contributed by atoms with Crippen molar-refractivity contribution in [2.75, 3.05) is 19.7 Å². The molecule has 1 aromatic heterocycles. The van der Waals surface area contributed by atoms with E-state index in [1.807, 2.05) is 45.9 Å². The molecule has 1 unspecified atom stereocenters. The van der Waals surface area contributed by atoms with Crippen LogP contribution in [0.15, 0.2) is 24.4 Å². The van der Waals surface area contributed by atoms with Crippen LogP contribution < -0.4 is 0 Å². The first-order valence-electron chi connectivity index (χ1n) is 8.35. The molecule has 1 saturated heterocycles. The van der Waals surface area contributed by atoms with Crippen LogP contribution in [0.4, 0.5) is 4.79 Å². The van der Waals surface area contributed by atoms with Crippen molar-refractivity contribution in [3.63, 3.8) is 0 Å². The average Bonchev–Trinajstić information content (AvgIpc) is 2.52. The van der Waals surface area contributed by atoms with E-state index in [1.165, 1.54) is 0 Å². The summed E-state index contributed by atoms with van der Waals surface area (Å²) < 4.78 is 11.4. The minimum atomic E-state index is -0.435. The maximum atomic E-state index is 12.0. The zero-order valence-electron chi connectivity index (χ0n) is 14.6. The Morgan fingerprint density at radius 1 is 1.35 bits per heavy atom. The van der Waals surface area contributed by atoms with E-state index in [0.29, 0.717) is 12.5 Å². The van der Waals surface area contributed by atoms with Crippen LogP contribution in [0.3, 0.4) is 0 Å². The summed E-state index contributed by atoms with van der Waals surface area (Å²) in [5.41, 5.74) is 0.522. The number of hydrogen-bond donors (Lipinski definition) is 0. The largest absolute Gasteiger partial charge is 0.444 e. The van der Waals surface area contributed by atoms with E-state index in [-0.39, 0.29) is 12.2 Å². The predicted molar refractivity (Wildman–Crippen MR) is 89.1 cm³/mol. The first-order chi connectivity index (χ1) is 10.8. The van der Waals surface area contributed by atoms with Gasteiger partial charge in [-0.2, -0.15) is 0 Å². The van der Waals surface area contributed by atoms with Crippen molar-refractivity contribution in [2.24, 2.45) is 5.92 Å². The number of hydrogen-bond acceptors (Lipinski definition) is 4. The predicted octanol–water partition coefficient (Wildman–Crippen LogP) is 3.81. The van der Waals surface area contributed by atoms with Crippen molar-refractivity contribution < 1.29 is 14.3 Å². The molecule has 0 saturated carbocycles. The van der Waals surface area contributed by atoms with E-state index in [2.05, 4.69) is 4.98 Å². The molecule has 2 rings (SSSR count). The first kappa shape index (κ1) is 17.7. The Balaban J connectivity index is 1.72. The Morgan fingerprint density at radius 3 is 2.61 bits per heavy atom. The van der Waals surface area contributed by atoms with Gasteiger partial charge in [0.15, 0.2) is 0 Å². The van der Waals surface area contributed by atoms with Gasteiger partial charge < -0.3 is 14.4 Å². The zero-order chi connectivity index (χ0) is 16.9. The van der Waals surface area contributed by atoms with Crippen LogP contribution in [0.2, 0.25) is 0 Å². The summed E-state index contributed by atoms with van der Waals surface area (Å²) in [5.74, 6) is 0.486. The lowest BCUT2D eigenvalue weighted by molar-refractivity contribution is 0.000600. The number of likely N-dealkylation sites (tertiary alicyclic amines) is 1. The van der Waals surface area contributed by atoms with Crippen LogP contribution in [-0.2, 0) is 9.47 Å². The van der Waals surface area contributed by atoms with E-state index >= 15 is 0 Å². The Hall–Kier alpha value is -1.62. The van der Waals surface area contributed by atoms with E-state index in [1.54, 1.807) is 11.1 Å². The molecule has 1 aromatic rings. The normalized spacial score (nSPS) is 17.8. The fourth-order valence-electron chi connectivity index (χ4n) is 2.59. The highest BCUT2D eigenvalue weighted by atomic mass is 16.6. The number of ether oxygens (including phenoxy) is 2. The summed E-state index contributed by atoms with van der Waals surface area (Å²) in [7, 11) is 0. The smallest absolute Gasteiger partial charge is 0.410 e. The fourth-order valence-corrected chi connectivity index (χ4v) is 2.59. The summed E-state index contributed by atoms with van der Waals surface area (Å²) in [5, 5.41) is 0. The van der Waals surface area contributed by atoms with Crippen molar-refractivity contribution in [3.05, 3.63) is 30.1 Å². The first-order valence-corrected chi connectivity index (χ1v) is 8.35. The lowest BCUT2D eigenvalue weighted by Crippen LogP contribution is -2.42. The Labute approximate surface area is 139 Å². The minimum Gasteiger partial charge on any atom is -0.444 e. The number of piperidine rings is 1. The van der Waals surface area contributed by atoms with Crippen LogP contribution in [0, 0.1) is 5.92 Å². The van der Waals surface area contributed by atoms with Gasteiger partial charge in [0.05, 0.1) is 18.4 Å². The van der Waals surface area contributed by atoms with Gasteiger partial charge in [0.2, 0.25) is 0 Å². The van der Waals surface area contributed by atoms with E-state index in [0.717, 1.165) is 31.6 Å². The summed E-state index contributed by atoms with van der Waals surface area (Å²) in [6, 6.07) is 5.86. The van der Waals surface area contributed by atoms with Gasteiger partial charge in [-0.3, -0.25) is 4.98 Å². The highest BCUT2D eigenvalue weighted by molar-refractivity contribution is 5.68. The summed E-state index contributed by atoms with van der Waals surface area (Å²) in [6.07, 6.45) is 3.48. The highest BCUT2D eigenvalue weighted by Gasteiger charge is 2.27. The van der Waals surface area contributed by atoms with Gasteiger partial charge in [0.25, 0.3) is 0 Å². The number of pyridine rings is 1. The third-order valence-electron chi connectivity index (χ3n) is 3.95. The van der Waals surface area contributed by atoms with Gasteiger partial charge in [-0.15, -0.1) is 0 Å². The van der Waals surface area contributed by atoms with E-state index in [4.69, 9.17) is 9.47 Å². The molecule has 0 aliphatic carbocycles. The second-order valence-electron chi connectivity index (χ2n) is 7.14. The van der Waals surface area contributed by atoms with Gasteiger partial charge in [-0.1, -0.05) is 6.07 Å². The molecule has 5 nitrogen and oxygen atoms in total. The number of carbonyl (C=O) groups excluding carboxylic acids is 1. The van der Waals surface area contributed by atoms with Crippen molar-refractivity contribution in [3.8, 4) is 0 Å². The van der Waals surface area contributed by atoms with Gasteiger partial charge in [0.1, 0.15) is 5.60 Å². The van der Waals surface area contributed by atoms with Crippen molar-refractivity contribution in [2.45, 2.75) is 52.2 Å². The van der Waals surface area contributed by atoms with E-state index < -0.39 is 5.60 Å². The molecule has 128 valence electrons. The van der Waals surface area contributed by atoms with Gasteiger partial charge >= 0.3 is 6.09 Å². The van der Waals surface area contributed by atoms with Crippen molar-refractivity contribution in [1.29, 1.82) is 0 Å². The Morgan fingerprint density at radius 2 is 2.04 bits per heavy atom. The quantitative estimate of drug-likeness (QED) is 0.846. The highest BCUT2D eigenvalue weighted by Crippen LogP contribution is 2.22. The molecule has 0 N–H and O–H groups in total. The van der Waals surface area contributed by atoms with Crippen molar-refractivity contribution in [1.82, 2.24) is 9.88 Å². The van der Waals surface area contributed by atoms with Crippen LogP contribution in [0.5, 0.6) is 0 Å². The molecule has 1 aliphatic rings. The molecule has 1 amide bonds. The average molecular weight is 320 g/mol. The number of rotatable bonds is 4. The molecule has 0 aromatic carbocycles. The number of nitrogens with zero attached hydrogens (tertiary/aromatic N) is 2. The molecule has 1 aliphatic heterocycles.